The number of hydrogen-bond acceptors (Lipinski definition) is 3. The standard InChI is InChI=1S/C15H19NO2/c17-14-10-16-9-11-5-1-4-8-13(11)15(14,18)12-6-2-3-7-12/h1,4-5,8,12,16,18H,2-3,6-7,9-10H2. The Morgan fingerprint density at radius 1 is 1.17 bits per heavy atom. The molecule has 0 bridgehead atoms. The summed E-state index contributed by atoms with van der Waals surface area (Å²) in [5, 5.41) is 14.2. The largest absolute Gasteiger partial charge is 0.377 e. The molecule has 3 rings (SSSR count). The Morgan fingerprint density at radius 2 is 1.89 bits per heavy atom. The number of aliphatic hydroxyl groups is 1. The Morgan fingerprint density at radius 3 is 2.67 bits per heavy atom. The predicted molar refractivity (Wildman–Crippen MR) is 69.0 cm³/mol. The normalized spacial score (nSPS) is 29.1. The summed E-state index contributed by atoms with van der Waals surface area (Å²) < 4.78 is 0. The van der Waals surface area contributed by atoms with E-state index in [1.165, 1.54) is 0 Å². The molecule has 0 spiro atoms. The first kappa shape index (κ1) is 11.9. The molecule has 96 valence electrons. The van der Waals surface area contributed by atoms with E-state index in [4.69, 9.17) is 0 Å². The SMILES string of the molecule is O=C1CNCc2ccccc2C1(O)C1CCCC1. The van der Waals surface area contributed by atoms with Crippen molar-refractivity contribution in [1.29, 1.82) is 0 Å². The fraction of sp³-hybridized carbons (Fsp3) is 0.533. The molecular weight excluding hydrogens is 226 g/mol. The number of carbonyl (C=O) groups is 1. The summed E-state index contributed by atoms with van der Waals surface area (Å²) >= 11 is 0. The van der Waals surface area contributed by atoms with Gasteiger partial charge in [-0.3, -0.25) is 4.79 Å². The molecule has 0 saturated heterocycles. The fourth-order valence-corrected chi connectivity index (χ4v) is 3.43. The minimum absolute atomic E-state index is 0.0700. The van der Waals surface area contributed by atoms with Crippen molar-refractivity contribution in [3.05, 3.63) is 35.4 Å². The quantitative estimate of drug-likeness (QED) is 0.792. The van der Waals surface area contributed by atoms with Crippen LogP contribution in [0.5, 0.6) is 0 Å². The van der Waals surface area contributed by atoms with E-state index in [2.05, 4.69) is 5.32 Å². The highest BCUT2D eigenvalue weighted by molar-refractivity contribution is 5.91. The molecular formula is C15H19NO2. The molecule has 3 nitrogen and oxygen atoms in total. The third-order valence-corrected chi connectivity index (χ3v) is 4.40. The Labute approximate surface area is 107 Å². The third-order valence-electron chi connectivity index (χ3n) is 4.40. The van der Waals surface area contributed by atoms with Crippen LogP contribution in [0.1, 0.15) is 36.8 Å². The summed E-state index contributed by atoms with van der Waals surface area (Å²) in [4.78, 5) is 12.4. The zero-order valence-corrected chi connectivity index (χ0v) is 10.5. The van der Waals surface area contributed by atoms with Crippen molar-refractivity contribution in [3.8, 4) is 0 Å². The van der Waals surface area contributed by atoms with Gasteiger partial charge in [0.25, 0.3) is 0 Å². The monoisotopic (exact) mass is 245 g/mol. The van der Waals surface area contributed by atoms with Crippen LogP contribution in [0.4, 0.5) is 0 Å². The number of benzene rings is 1. The second-order valence-electron chi connectivity index (χ2n) is 5.43. The van der Waals surface area contributed by atoms with Gasteiger partial charge in [-0.05, 0) is 29.9 Å². The van der Waals surface area contributed by atoms with E-state index >= 15 is 0 Å². The molecule has 0 amide bonds. The molecule has 1 unspecified atom stereocenters. The van der Waals surface area contributed by atoms with Crippen LogP contribution < -0.4 is 5.32 Å². The molecule has 3 heteroatoms. The molecule has 1 fully saturated rings. The summed E-state index contributed by atoms with van der Waals surface area (Å²) in [6.45, 7) is 0.929. The molecule has 1 atom stereocenters. The molecule has 1 aromatic rings. The zero-order valence-electron chi connectivity index (χ0n) is 10.5. The van der Waals surface area contributed by atoms with Crippen molar-refractivity contribution in [2.45, 2.75) is 37.8 Å². The average Bonchev–Trinajstić information content (AvgIpc) is 2.89. The van der Waals surface area contributed by atoms with Crippen LogP contribution >= 0.6 is 0 Å². The number of carbonyl (C=O) groups excluding carboxylic acids is 1. The van der Waals surface area contributed by atoms with Gasteiger partial charge in [-0.2, -0.15) is 0 Å². The molecule has 2 aliphatic rings. The summed E-state index contributed by atoms with van der Waals surface area (Å²) in [6, 6.07) is 7.79. The predicted octanol–water partition coefficient (Wildman–Crippen LogP) is 1.74. The number of ketones is 1. The lowest BCUT2D eigenvalue weighted by molar-refractivity contribution is -0.143. The average molecular weight is 245 g/mol. The molecule has 1 aromatic carbocycles. The van der Waals surface area contributed by atoms with Gasteiger partial charge in [0.15, 0.2) is 11.4 Å². The lowest BCUT2D eigenvalue weighted by Gasteiger charge is -2.33. The molecule has 1 aliphatic carbocycles. The molecule has 1 heterocycles. The van der Waals surface area contributed by atoms with Crippen molar-refractivity contribution >= 4 is 5.78 Å². The van der Waals surface area contributed by atoms with Crippen molar-refractivity contribution in [3.63, 3.8) is 0 Å². The number of fused-ring (bicyclic) bond motifs is 1. The van der Waals surface area contributed by atoms with Crippen molar-refractivity contribution < 1.29 is 9.90 Å². The first-order valence-electron chi connectivity index (χ1n) is 6.77. The van der Waals surface area contributed by atoms with Gasteiger partial charge in [-0.15, -0.1) is 0 Å². The van der Waals surface area contributed by atoms with Gasteiger partial charge in [0.2, 0.25) is 0 Å². The van der Waals surface area contributed by atoms with Crippen molar-refractivity contribution in [1.82, 2.24) is 5.32 Å². The highest BCUT2D eigenvalue weighted by Gasteiger charge is 2.47. The minimum atomic E-state index is -1.27. The van der Waals surface area contributed by atoms with Gasteiger partial charge in [0, 0.05) is 6.54 Å². The third kappa shape index (κ3) is 1.70. The van der Waals surface area contributed by atoms with Crippen LogP contribution in [0.3, 0.4) is 0 Å². The maximum absolute atomic E-state index is 12.4. The van der Waals surface area contributed by atoms with Gasteiger partial charge in [-0.1, -0.05) is 37.1 Å². The van der Waals surface area contributed by atoms with Crippen LogP contribution in [0.2, 0.25) is 0 Å². The Bertz CT molecular complexity index is 465. The lowest BCUT2D eigenvalue weighted by Crippen LogP contribution is -2.44. The molecule has 0 aromatic heterocycles. The summed E-state index contributed by atoms with van der Waals surface area (Å²) in [5.74, 6) is 0.0189. The first-order valence-corrected chi connectivity index (χ1v) is 6.77. The molecule has 18 heavy (non-hydrogen) atoms. The Hall–Kier alpha value is -1.19. The van der Waals surface area contributed by atoms with Gasteiger partial charge < -0.3 is 10.4 Å². The van der Waals surface area contributed by atoms with Gasteiger partial charge in [-0.25, -0.2) is 0 Å². The molecule has 0 radical (unpaired) electrons. The van der Waals surface area contributed by atoms with E-state index < -0.39 is 5.60 Å². The van der Waals surface area contributed by atoms with Crippen LogP contribution in [-0.2, 0) is 16.9 Å². The van der Waals surface area contributed by atoms with E-state index in [1.807, 2.05) is 24.3 Å². The second kappa shape index (κ2) is 4.48. The van der Waals surface area contributed by atoms with Crippen LogP contribution in [0, 0.1) is 5.92 Å². The number of hydrogen-bond donors (Lipinski definition) is 2. The molecule has 2 N–H and O–H groups in total. The van der Waals surface area contributed by atoms with Crippen LogP contribution in [0.15, 0.2) is 24.3 Å². The summed E-state index contributed by atoms with van der Waals surface area (Å²) in [6.07, 6.45) is 4.15. The van der Waals surface area contributed by atoms with Gasteiger partial charge >= 0.3 is 0 Å². The van der Waals surface area contributed by atoms with Crippen molar-refractivity contribution in [2.24, 2.45) is 5.92 Å². The van der Waals surface area contributed by atoms with E-state index in [0.29, 0.717) is 6.54 Å². The molecule has 1 saturated carbocycles. The van der Waals surface area contributed by atoms with Gasteiger partial charge in [0.05, 0.1) is 6.54 Å². The van der Waals surface area contributed by atoms with E-state index in [9.17, 15) is 9.90 Å². The highest BCUT2D eigenvalue weighted by atomic mass is 16.3. The summed E-state index contributed by atoms with van der Waals surface area (Å²) in [7, 11) is 0. The van der Waals surface area contributed by atoms with Crippen LogP contribution in [-0.4, -0.2) is 17.4 Å². The number of nitrogens with one attached hydrogen (secondary N) is 1. The maximum atomic E-state index is 12.4. The Balaban J connectivity index is 2.11. The lowest BCUT2D eigenvalue weighted by atomic mass is 9.76. The minimum Gasteiger partial charge on any atom is -0.377 e. The molecule has 1 aliphatic heterocycles. The van der Waals surface area contributed by atoms with Crippen LogP contribution in [0.25, 0.3) is 0 Å². The van der Waals surface area contributed by atoms with E-state index in [-0.39, 0.29) is 18.2 Å². The topological polar surface area (TPSA) is 49.3 Å². The van der Waals surface area contributed by atoms with E-state index in [0.717, 1.165) is 36.8 Å². The second-order valence-corrected chi connectivity index (χ2v) is 5.43. The van der Waals surface area contributed by atoms with Crippen molar-refractivity contribution in [2.75, 3.05) is 6.54 Å². The Kier molecular flexibility index (Phi) is 2.96. The smallest absolute Gasteiger partial charge is 0.182 e. The zero-order chi connectivity index (χ0) is 12.6. The number of Topliss-reactive ketones (excluding diaryl/α,β-unsaturated/α-hetero) is 1. The highest BCUT2D eigenvalue weighted by Crippen LogP contribution is 2.42. The summed E-state index contributed by atoms with van der Waals surface area (Å²) in [5.41, 5.74) is 0.612. The maximum Gasteiger partial charge on any atom is 0.182 e. The first-order chi connectivity index (χ1) is 8.73. The number of rotatable bonds is 1. The fourth-order valence-electron chi connectivity index (χ4n) is 3.43. The van der Waals surface area contributed by atoms with Gasteiger partial charge in [0.1, 0.15) is 0 Å². The van der Waals surface area contributed by atoms with E-state index in [1.54, 1.807) is 0 Å².